The van der Waals surface area contributed by atoms with Gasteiger partial charge < -0.3 is 19.5 Å². The molecule has 2 aromatic carbocycles. The first-order chi connectivity index (χ1) is 16.2. The van der Waals surface area contributed by atoms with Crippen molar-refractivity contribution in [3.05, 3.63) is 65.9 Å². The summed E-state index contributed by atoms with van der Waals surface area (Å²) in [5.74, 6) is -1.07. The maximum absolute atomic E-state index is 12.4. The van der Waals surface area contributed by atoms with Crippen LogP contribution in [0.2, 0.25) is 0 Å². The van der Waals surface area contributed by atoms with Crippen LogP contribution in [0.15, 0.2) is 54.6 Å². The molecule has 0 saturated carbocycles. The summed E-state index contributed by atoms with van der Waals surface area (Å²) in [7, 11) is 1.24. The maximum Gasteiger partial charge on any atom is 0.408 e. The zero-order chi connectivity index (χ0) is 24.7. The number of benzene rings is 2. The molecule has 1 heterocycles. The van der Waals surface area contributed by atoms with Crippen molar-refractivity contribution >= 4 is 28.9 Å². The molecule has 180 valence electrons. The fraction of sp³-hybridized carbons (Fsp3) is 0.360. The molecule has 34 heavy (non-hydrogen) atoms. The molecule has 0 unspecified atom stereocenters. The van der Waals surface area contributed by atoms with Gasteiger partial charge in [0.15, 0.2) is 0 Å². The van der Waals surface area contributed by atoms with E-state index < -0.39 is 29.7 Å². The Morgan fingerprint density at radius 1 is 1.03 bits per heavy atom. The van der Waals surface area contributed by atoms with Gasteiger partial charge in [-0.25, -0.2) is 9.59 Å². The molecule has 0 radical (unpaired) electrons. The van der Waals surface area contributed by atoms with E-state index in [0.29, 0.717) is 11.2 Å². The molecule has 9 nitrogen and oxygen atoms in total. The van der Waals surface area contributed by atoms with E-state index in [1.807, 2.05) is 54.6 Å². The number of nitrogens with zero attached hydrogens (tertiary/aromatic N) is 2. The smallest absolute Gasteiger partial charge is 0.408 e. The highest BCUT2D eigenvalue weighted by atomic mass is 16.6. The van der Waals surface area contributed by atoms with E-state index in [9.17, 15) is 14.4 Å². The lowest BCUT2D eigenvalue weighted by atomic mass is 10.1. The molecular formula is C25H29N3O6. The number of aromatic nitrogens is 2. The van der Waals surface area contributed by atoms with Gasteiger partial charge in [-0.3, -0.25) is 9.48 Å². The van der Waals surface area contributed by atoms with E-state index >= 15 is 0 Å². The van der Waals surface area contributed by atoms with Gasteiger partial charge in [0, 0.05) is 11.8 Å². The number of carbonyl (C=O) groups is 3. The molecule has 1 atom stereocenters. The second-order valence-electron chi connectivity index (χ2n) is 8.69. The Morgan fingerprint density at radius 2 is 1.71 bits per heavy atom. The predicted molar refractivity (Wildman–Crippen MR) is 125 cm³/mol. The minimum atomic E-state index is -1.03. The summed E-state index contributed by atoms with van der Waals surface area (Å²) < 4.78 is 17.0. The summed E-state index contributed by atoms with van der Waals surface area (Å²) in [6, 6.07) is 15.5. The van der Waals surface area contributed by atoms with E-state index in [2.05, 4.69) is 10.4 Å². The first kappa shape index (κ1) is 24.8. The summed E-state index contributed by atoms with van der Waals surface area (Å²) in [6.45, 7) is 5.35. The third kappa shape index (κ3) is 6.81. The fourth-order valence-corrected chi connectivity index (χ4v) is 3.40. The lowest BCUT2D eigenvalue weighted by Crippen LogP contribution is -2.43. The van der Waals surface area contributed by atoms with Crippen LogP contribution in [0.25, 0.3) is 10.9 Å². The van der Waals surface area contributed by atoms with Gasteiger partial charge in [-0.1, -0.05) is 48.5 Å². The minimum absolute atomic E-state index is 0.0505. The molecule has 0 aliphatic carbocycles. The van der Waals surface area contributed by atoms with Crippen molar-refractivity contribution in [2.45, 2.75) is 52.0 Å². The number of ether oxygens (including phenoxy) is 3. The molecule has 0 fully saturated rings. The quantitative estimate of drug-likeness (QED) is 0.400. The zero-order valence-corrected chi connectivity index (χ0v) is 19.7. The van der Waals surface area contributed by atoms with Gasteiger partial charge in [-0.15, -0.1) is 0 Å². The van der Waals surface area contributed by atoms with Crippen LogP contribution in [0, 0.1) is 0 Å². The van der Waals surface area contributed by atoms with Crippen molar-refractivity contribution < 1.29 is 28.6 Å². The molecule has 1 N–H and O–H groups in total. The predicted octanol–water partition coefficient (Wildman–Crippen LogP) is 3.39. The molecule has 3 aromatic rings. The number of rotatable bonds is 8. The van der Waals surface area contributed by atoms with Gasteiger partial charge in [0.2, 0.25) is 0 Å². The van der Waals surface area contributed by atoms with Crippen molar-refractivity contribution in [2.75, 3.05) is 7.11 Å². The van der Waals surface area contributed by atoms with Crippen LogP contribution in [-0.2, 0) is 43.4 Å². The van der Waals surface area contributed by atoms with Gasteiger partial charge in [0.05, 0.1) is 18.3 Å². The van der Waals surface area contributed by atoms with E-state index in [4.69, 9.17) is 14.2 Å². The molecule has 0 saturated heterocycles. The molecule has 0 spiro atoms. The van der Waals surface area contributed by atoms with Gasteiger partial charge in [-0.2, -0.15) is 5.10 Å². The van der Waals surface area contributed by atoms with Crippen molar-refractivity contribution in [3.8, 4) is 0 Å². The number of nitrogens with one attached hydrogen (secondary N) is 1. The Morgan fingerprint density at radius 3 is 2.38 bits per heavy atom. The Labute approximate surface area is 198 Å². The van der Waals surface area contributed by atoms with Gasteiger partial charge in [0.25, 0.3) is 0 Å². The molecule has 0 aliphatic heterocycles. The number of carbonyl (C=O) groups excluding carboxylic acids is 3. The van der Waals surface area contributed by atoms with Crippen LogP contribution >= 0.6 is 0 Å². The van der Waals surface area contributed by atoms with Gasteiger partial charge in [0.1, 0.15) is 24.8 Å². The Kier molecular flexibility index (Phi) is 7.88. The van der Waals surface area contributed by atoms with Crippen LogP contribution in [0.4, 0.5) is 4.79 Å². The SMILES string of the molecule is COC(=O)[C@H](Cc1nn(CC(=O)OC(C)(C)C)c2ccccc12)NC(=O)OCc1ccccc1. The molecule has 0 aliphatic rings. The van der Waals surface area contributed by atoms with Crippen LogP contribution in [0.5, 0.6) is 0 Å². The van der Waals surface area contributed by atoms with Crippen molar-refractivity contribution in [2.24, 2.45) is 0 Å². The van der Waals surface area contributed by atoms with Crippen molar-refractivity contribution in [3.63, 3.8) is 0 Å². The number of fused-ring (bicyclic) bond motifs is 1. The number of para-hydroxylation sites is 1. The van der Waals surface area contributed by atoms with Gasteiger partial charge in [-0.05, 0) is 32.4 Å². The number of alkyl carbamates (subject to hydrolysis) is 1. The summed E-state index contributed by atoms with van der Waals surface area (Å²) >= 11 is 0. The number of esters is 2. The van der Waals surface area contributed by atoms with E-state index in [1.54, 1.807) is 20.8 Å². The first-order valence-electron chi connectivity index (χ1n) is 10.9. The van der Waals surface area contributed by atoms with Crippen LogP contribution in [0.3, 0.4) is 0 Å². The summed E-state index contributed by atoms with van der Waals surface area (Å²) in [5.41, 5.74) is 1.43. The van der Waals surface area contributed by atoms with E-state index in [0.717, 1.165) is 10.9 Å². The van der Waals surface area contributed by atoms with E-state index in [-0.39, 0.29) is 19.6 Å². The highest BCUT2D eigenvalue weighted by Crippen LogP contribution is 2.21. The summed E-state index contributed by atoms with van der Waals surface area (Å²) in [4.78, 5) is 37.1. The molecule has 0 bridgehead atoms. The summed E-state index contributed by atoms with van der Waals surface area (Å²) in [5, 5.41) is 7.84. The number of hydrogen-bond acceptors (Lipinski definition) is 7. The van der Waals surface area contributed by atoms with Crippen LogP contribution in [0.1, 0.15) is 32.0 Å². The normalized spacial score (nSPS) is 12.1. The number of hydrogen-bond donors (Lipinski definition) is 1. The molecule has 3 rings (SSSR count). The first-order valence-corrected chi connectivity index (χ1v) is 10.9. The highest BCUT2D eigenvalue weighted by Gasteiger charge is 2.26. The van der Waals surface area contributed by atoms with Gasteiger partial charge >= 0.3 is 18.0 Å². The highest BCUT2D eigenvalue weighted by molar-refractivity contribution is 5.86. The number of methoxy groups -OCH3 is 1. The van der Waals surface area contributed by atoms with Crippen molar-refractivity contribution in [1.82, 2.24) is 15.1 Å². The fourth-order valence-electron chi connectivity index (χ4n) is 3.40. The largest absolute Gasteiger partial charge is 0.467 e. The third-order valence-electron chi connectivity index (χ3n) is 4.82. The average Bonchev–Trinajstić information content (AvgIpc) is 3.13. The second kappa shape index (κ2) is 10.8. The Balaban J connectivity index is 1.76. The Bertz CT molecular complexity index is 1150. The molecule has 1 amide bonds. The van der Waals surface area contributed by atoms with Crippen molar-refractivity contribution in [1.29, 1.82) is 0 Å². The van der Waals surface area contributed by atoms with Crippen LogP contribution < -0.4 is 5.32 Å². The monoisotopic (exact) mass is 467 g/mol. The minimum Gasteiger partial charge on any atom is -0.467 e. The summed E-state index contributed by atoms with van der Waals surface area (Å²) in [6.07, 6.45) is -0.702. The molecule has 1 aromatic heterocycles. The molecule has 9 heteroatoms. The lowest BCUT2D eigenvalue weighted by Gasteiger charge is -2.19. The molecular weight excluding hydrogens is 438 g/mol. The third-order valence-corrected chi connectivity index (χ3v) is 4.82. The zero-order valence-electron chi connectivity index (χ0n) is 19.7. The van der Waals surface area contributed by atoms with Crippen LogP contribution in [-0.4, -0.2) is 46.6 Å². The number of amides is 1. The second-order valence-corrected chi connectivity index (χ2v) is 8.69. The standard InChI is InChI=1S/C25H29N3O6/c1-25(2,3)34-22(29)15-28-21-13-9-8-12-18(21)19(27-28)14-20(23(30)32-4)26-24(31)33-16-17-10-6-5-7-11-17/h5-13,20H,14-16H2,1-4H3,(H,26,31)/t20-/m0/s1. The maximum atomic E-state index is 12.4. The lowest BCUT2D eigenvalue weighted by molar-refractivity contribution is -0.155. The topological polar surface area (TPSA) is 109 Å². The van der Waals surface area contributed by atoms with E-state index in [1.165, 1.54) is 11.8 Å². The Hall–Kier alpha value is -3.88. The average molecular weight is 468 g/mol.